The lowest BCUT2D eigenvalue weighted by molar-refractivity contribution is -0.151. The fraction of sp³-hybridized carbons (Fsp3) is 0.333. The Labute approximate surface area is 162 Å². The Balaban J connectivity index is 1.83. The molecule has 0 saturated carbocycles. The maximum atomic E-state index is 12.2. The number of likely N-dealkylation sites (N-methyl/N-ethyl adjacent to an activating group) is 1. The molecule has 0 bridgehead atoms. The fourth-order valence-corrected chi connectivity index (χ4v) is 2.22. The minimum absolute atomic E-state index is 0.0863. The molecule has 1 aromatic carbocycles. The van der Waals surface area contributed by atoms with Crippen molar-refractivity contribution in [1.82, 2.24) is 10.2 Å². The average molecular weight is 393 g/mol. The van der Waals surface area contributed by atoms with E-state index in [1.165, 1.54) is 6.92 Å². The standard InChI is InChI=1S/C18H21ClN4O4/c1-4-26-14-7-5-13(6-8-14)20-18(25)12(2)27-17(24)11-23(3)16-10-9-15(19)21-22-16/h5-10,12H,4,11H2,1-3H3,(H,20,25). The Morgan fingerprint density at radius 2 is 1.89 bits per heavy atom. The Morgan fingerprint density at radius 1 is 1.19 bits per heavy atom. The highest BCUT2D eigenvalue weighted by Gasteiger charge is 2.19. The average Bonchev–Trinajstić information content (AvgIpc) is 2.63. The van der Waals surface area contributed by atoms with E-state index in [9.17, 15) is 9.59 Å². The van der Waals surface area contributed by atoms with E-state index in [1.807, 2.05) is 6.92 Å². The summed E-state index contributed by atoms with van der Waals surface area (Å²) in [6.45, 7) is 3.87. The van der Waals surface area contributed by atoms with E-state index in [1.54, 1.807) is 48.3 Å². The molecule has 0 aliphatic rings. The van der Waals surface area contributed by atoms with Gasteiger partial charge in [-0.1, -0.05) is 11.6 Å². The molecule has 1 unspecified atom stereocenters. The van der Waals surface area contributed by atoms with Crippen molar-refractivity contribution in [2.45, 2.75) is 20.0 Å². The van der Waals surface area contributed by atoms with E-state index in [-0.39, 0.29) is 11.7 Å². The second kappa shape index (κ2) is 9.72. The first-order valence-corrected chi connectivity index (χ1v) is 8.70. The molecule has 1 N–H and O–H groups in total. The predicted molar refractivity (Wildman–Crippen MR) is 102 cm³/mol. The minimum Gasteiger partial charge on any atom is -0.494 e. The molecule has 144 valence electrons. The van der Waals surface area contributed by atoms with Gasteiger partial charge in [0.15, 0.2) is 17.1 Å². The monoisotopic (exact) mass is 392 g/mol. The highest BCUT2D eigenvalue weighted by Crippen LogP contribution is 2.16. The van der Waals surface area contributed by atoms with Gasteiger partial charge in [0.2, 0.25) is 0 Å². The summed E-state index contributed by atoms with van der Waals surface area (Å²) < 4.78 is 10.5. The largest absolute Gasteiger partial charge is 0.494 e. The lowest BCUT2D eigenvalue weighted by Crippen LogP contribution is -2.34. The Morgan fingerprint density at radius 3 is 2.48 bits per heavy atom. The molecule has 1 atom stereocenters. The number of amides is 1. The van der Waals surface area contributed by atoms with Gasteiger partial charge in [-0.15, -0.1) is 10.2 Å². The summed E-state index contributed by atoms with van der Waals surface area (Å²) in [6.07, 6.45) is -0.950. The van der Waals surface area contributed by atoms with E-state index < -0.39 is 18.0 Å². The van der Waals surface area contributed by atoms with Crippen LogP contribution in [0.15, 0.2) is 36.4 Å². The van der Waals surface area contributed by atoms with Crippen molar-refractivity contribution in [2.75, 3.05) is 30.4 Å². The van der Waals surface area contributed by atoms with Crippen LogP contribution in [0.1, 0.15) is 13.8 Å². The van der Waals surface area contributed by atoms with Crippen LogP contribution >= 0.6 is 11.6 Å². The molecule has 1 aromatic heterocycles. The Hall–Kier alpha value is -2.87. The number of nitrogens with zero attached hydrogens (tertiary/aromatic N) is 3. The van der Waals surface area contributed by atoms with Gasteiger partial charge < -0.3 is 19.7 Å². The topological polar surface area (TPSA) is 93.6 Å². The summed E-state index contributed by atoms with van der Waals surface area (Å²) in [7, 11) is 1.66. The lowest BCUT2D eigenvalue weighted by Gasteiger charge is -2.18. The van der Waals surface area contributed by atoms with Gasteiger partial charge >= 0.3 is 5.97 Å². The number of hydrogen-bond donors (Lipinski definition) is 1. The van der Waals surface area contributed by atoms with E-state index in [0.29, 0.717) is 23.9 Å². The van der Waals surface area contributed by atoms with Crippen LogP contribution < -0.4 is 15.0 Å². The molecule has 8 nitrogen and oxygen atoms in total. The van der Waals surface area contributed by atoms with E-state index in [4.69, 9.17) is 21.1 Å². The van der Waals surface area contributed by atoms with Gasteiger partial charge in [0.25, 0.3) is 5.91 Å². The number of carbonyl (C=O) groups is 2. The van der Waals surface area contributed by atoms with Crippen molar-refractivity contribution in [3.8, 4) is 5.75 Å². The van der Waals surface area contributed by atoms with Crippen LogP contribution in [0.2, 0.25) is 5.15 Å². The molecule has 27 heavy (non-hydrogen) atoms. The van der Waals surface area contributed by atoms with Crippen molar-refractivity contribution >= 4 is 35.0 Å². The first-order valence-electron chi connectivity index (χ1n) is 8.32. The first-order chi connectivity index (χ1) is 12.9. The number of ether oxygens (including phenoxy) is 2. The number of esters is 1. The van der Waals surface area contributed by atoms with Crippen LogP contribution in [0.4, 0.5) is 11.5 Å². The van der Waals surface area contributed by atoms with Gasteiger partial charge in [0.05, 0.1) is 6.61 Å². The molecule has 0 aliphatic carbocycles. The zero-order valence-electron chi connectivity index (χ0n) is 15.3. The number of rotatable bonds is 8. The minimum atomic E-state index is -0.950. The number of carbonyl (C=O) groups excluding carboxylic acids is 2. The zero-order valence-corrected chi connectivity index (χ0v) is 16.1. The Bertz CT molecular complexity index is 768. The molecule has 0 radical (unpaired) electrons. The maximum absolute atomic E-state index is 12.2. The summed E-state index contributed by atoms with van der Waals surface area (Å²) >= 11 is 5.68. The fourth-order valence-electron chi connectivity index (χ4n) is 2.12. The summed E-state index contributed by atoms with van der Waals surface area (Å²) in [6, 6.07) is 10.1. The maximum Gasteiger partial charge on any atom is 0.326 e. The van der Waals surface area contributed by atoms with Gasteiger partial charge in [-0.3, -0.25) is 9.59 Å². The summed E-state index contributed by atoms with van der Waals surface area (Å²) in [4.78, 5) is 25.8. The number of nitrogens with one attached hydrogen (secondary N) is 1. The molecule has 2 rings (SSSR count). The second-order valence-electron chi connectivity index (χ2n) is 5.65. The lowest BCUT2D eigenvalue weighted by atomic mass is 10.3. The number of anilines is 2. The molecule has 9 heteroatoms. The van der Waals surface area contributed by atoms with Crippen molar-refractivity contribution in [1.29, 1.82) is 0 Å². The van der Waals surface area contributed by atoms with Crippen LogP contribution in [-0.2, 0) is 14.3 Å². The molecule has 2 aromatic rings. The third-order valence-electron chi connectivity index (χ3n) is 3.49. The smallest absolute Gasteiger partial charge is 0.326 e. The van der Waals surface area contributed by atoms with Crippen LogP contribution in [-0.4, -0.2) is 48.4 Å². The highest BCUT2D eigenvalue weighted by atomic mass is 35.5. The van der Waals surface area contributed by atoms with Crippen LogP contribution in [0.5, 0.6) is 5.75 Å². The van der Waals surface area contributed by atoms with Crippen LogP contribution in [0.25, 0.3) is 0 Å². The van der Waals surface area contributed by atoms with Gasteiger partial charge in [-0.05, 0) is 50.2 Å². The van der Waals surface area contributed by atoms with Crippen molar-refractivity contribution in [3.63, 3.8) is 0 Å². The zero-order chi connectivity index (χ0) is 19.8. The van der Waals surface area contributed by atoms with Crippen molar-refractivity contribution < 1.29 is 19.1 Å². The van der Waals surface area contributed by atoms with E-state index in [0.717, 1.165) is 0 Å². The van der Waals surface area contributed by atoms with Crippen LogP contribution in [0, 0.1) is 0 Å². The molecule has 0 spiro atoms. The molecule has 0 aliphatic heterocycles. The van der Waals surface area contributed by atoms with Crippen LogP contribution in [0.3, 0.4) is 0 Å². The molecule has 1 heterocycles. The molecule has 1 amide bonds. The normalized spacial score (nSPS) is 11.4. The molecule has 0 fully saturated rings. The Kier molecular flexibility index (Phi) is 7.36. The SMILES string of the molecule is CCOc1ccc(NC(=O)C(C)OC(=O)CN(C)c2ccc(Cl)nn2)cc1. The predicted octanol–water partition coefficient (Wildman–Crippen LogP) is 2.54. The molecular formula is C18H21ClN4O4. The highest BCUT2D eigenvalue weighted by molar-refractivity contribution is 6.29. The third kappa shape index (κ3) is 6.41. The quantitative estimate of drug-likeness (QED) is 0.690. The molecular weight excluding hydrogens is 372 g/mol. The van der Waals surface area contributed by atoms with Gasteiger partial charge in [-0.25, -0.2) is 0 Å². The van der Waals surface area contributed by atoms with Gasteiger partial charge in [-0.2, -0.15) is 0 Å². The summed E-state index contributed by atoms with van der Waals surface area (Å²) in [5, 5.41) is 10.5. The number of halogens is 1. The number of hydrogen-bond acceptors (Lipinski definition) is 7. The molecule has 0 saturated heterocycles. The van der Waals surface area contributed by atoms with Crippen molar-refractivity contribution in [3.05, 3.63) is 41.6 Å². The number of benzene rings is 1. The number of aromatic nitrogens is 2. The van der Waals surface area contributed by atoms with Gasteiger partial charge in [0.1, 0.15) is 12.3 Å². The van der Waals surface area contributed by atoms with E-state index in [2.05, 4.69) is 15.5 Å². The summed E-state index contributed by atoms with van der Waals surface area (Å²) in [5.41, 5.74) is 0.583. The first kappa shape index (κ1) is 20.4. The van der Waals surface area contributed by atoms with E-state index >= 15 is 0 Å². The van der Waals surface area contributed by atoms with Gasteiger partial charge in [0, 0.05) is 12.7 Å². The third-order valence-corrected chi connectivity index (χ3v) is 3.69. The van der Waals surface area contributed by atoms with Crippen molar-refractivity contribution in [2.24, 2.45) is 0 Å². The second-order valence-corrected chi connectivity index (χ2v) is 6.04. The summed E-state index contributed by atoms with van der Waals surface area (Å²) in [5.74, 6) is 0.177.